The molecule has 1 heterocycles. The summed E-state index contributed by atoms with van der Waals surface area (Å²) < 4.78 is 0. The van der Waals surface area contributed by atoms with Gasteiger partial charge in [0.15, 0.2) is 0 Å². The topological polar surface area (TPSA) is 24.9 Å². The number of hydrogen-bond acceptors (Lipinski definition) is 2. The van der Waals surface area contributed by atoms with E-state index in [2.05, 4.69) is 42.6 Å². The summed E-state index contributed by atoms with van der Waals surface area (Å²) in [4.78, 5) is 4.83. The third kappa shape index (κ3) is 2.25. The number of aromatic nitrogens is 1. The lowest BCUT2D eigenvalue weighted by molar-refractivity contribution is 0.504. The molecule has 1 atom stereocenters. The predicted octanol–water partition coefficient (Wildman–Crippen LogP) is 3.60. The van der Waals surface area contributed by atoms with Gasteiger partial charge in [-0.05, 0) is 44.0 Å². The molecule has 1 N–H and O–H groups in total. The number of para-hydroxylation sites is 1. The molecule has 0 radical (unpaired) electrons. The number of fused-ring (bicyclic) bond motifs is 1. The molecule has 18 heavy (non-hydrogen) atoms. The van der Waals surface area contributed by atoms with E-state index in [9.17, 15) is 0 Å². The lowest BCUT2D eigenvalue weighted by atomic mass is 10.0. The highest BCUT2D eigenvalue weighted by molar-refractivity contribution is 5.82. The van der Waals surface area contributed by atoms with E-state index >= 15 is 0 Å². The van der Waals surface area contributed by atoms with Crippen LogP contribution in [0.1, 0.15) is 36.6 Å². The van der Waals surface area contributed by atoms with Gasteiger partial charge in [0.1, 0.15) is 0 Å². The van der Waals surface area contributed by atoms with Crippen molar-refractivity contribution in [2.75, 3.05) is 7.05 Å². The molecular weight excluding hydrogens is 220 g/mol. The minimum absolute atomic E-state index is 0.404. The maximum absolute atomic E-state index is 4.83. The standard InChI is InChI=1S/C16H20N2/c1-11-9-16(15(17-2)10-12-7-8-12)18-14-6-4-3-5-13(11)14/h3-6,9,12,15,17H,7-8,10H2,1-2H3. The first kappa shape index (κ1) is 11.7. The van der Waals surface area contributed by atoms with Crippen LogP contribution in [-0.4, -0.2) is 12.0 Å². The molecule has 1 saturated carbocycles. The van der Waals surface area contributed by atoms with Gasteiger partial charge in [0.25, 0.3) is 0 Å². The van der Waals surface area contributed by atoms with Crippen LogP contribution in [0, 0.1) is 12.8 Å². The van der Waals surface area contributed by atoms with Gasteiger partial charge in [0.05, 0.1) is 11.2 Å². The van der Waals surface area contributed by atoms with Crippen LogP contribution in [0.25, 0.3) is 10.9 Å². The monoisotopic (exact) mass is 240 g/mol. The fraction of sp³-hybridized carbons (Fsp3) is 0.438. The zero-order valence-corrected chi connectivity index (χ0v) is 11.1. The van der Waals surface area contributed by atoms with Gasteiger partial charge in [-0.3, -0.25) is 4.98 Å². The van der Waals surface area contributed by atoms with E-state index in [4.69, 9.17) is 4.98 Å². The average molecular weight is 240 g/mol. The summed E-state index contributed by atoms with van der Waals surface area (Å²) in [5.74, 6) is 0.913. The SMILES string of the molecule is CNC(CC1CC1)c1cc(C)c2ccccc2n1. The van der Waals surface area contributed by atoms with Crippen molar-refractivity contribution in [3.8, 4) is 0 Å². The average Bonchev–Trinajstić information content (AvgIpc) is 3.20. The summed E-state index contributed by atoms with van der Waals surface area (Å²) >= 11 is 0. The highest BCUT2D eigenvalue weighted by Gasteiger charge is 2.26. The van der Waals surface area contributed by atoms with Crippen molar-refractivity contribution in [1.29, 1.82) is 0 Å². The van der Waals surface area contributed by atoms with Crippen LogP contribution in [0.2, 0.25) is 0 Å². The van der Waals surface area contributed by atoms with E-state index in [1.165, 1.54) is 35.9 Å². The molecule has 1 fully saturated rings. The van der Waals surface area contributed by atoms with E-state index < -0.39 is 0 Å². The summed E-state index contributed by atoms with van der Waals surface area (Å²) in [6.07, 6.45) is 4.01. The molecule has 3 rings (SSSR count). The third-order valence-corrected chi connectivity index (χ3v) is 3.91. The molecule has 1 aromatic carbocycles. The smallest absolute Gasteiger partial charge is 0.0708 e. The molecule has 0 bridgehead atoms. The molecular formula is C16H20N2. The van der Waals surface area contributed by atoms with Crippen LogP contribution in [-0.2, 0) is 0 Å². The fourth-order valence-corrected chi connectivity index (χ4v) is 2.63. The summed E-state index contributed by atoms with van der Waals surface area (Å²) in [6.45, 7) is 2.18. The Morgan fingerprint density at radius 3 is 2.83 bits per heavy atom. The number of nitrogens with zero attached hydrogens (tertiary/aromatic N) is 1. The van der Waals surface area contributed by atoms with Gasteiger partial charge in [0.2, 0.25) is 0 Å². The molecule has 1 aliphatic rings. The van der Waals surface area contributed by atoms with E-state index in [0.29, 0.717) is 6.04 Å². The number of rotatable bonds is 4. The predicted molar refractivity (Wildman–Crippen MR) is 75.6 cm³/mol. The van der Waals surface area contributed by atoms with Gasteiger partial charge in [-0.15, -0.1) is 0 Å². The van der Waals surface area contributed by atoms with Crippen molar-refractivity contribution in [3.63, 3.8) is 0 Å². The molecule has 94 valence electrons. The second-order valence-electron chi connectivity index (χ2n) is 5.40. The highest BCUT2D eigenvalue weighted by Crippen LogP contribution is 2.37. The van der Waals surface area contributed by atoms with Crippen molar-refractivity contribution >= 4 is 10.9 Å². The normalized spacial score (nSPS) is 17.0. The Labute approximate surface area is 108 Å². The van der Waals surface area contributed by atoms with Gasteiger partial charge in [0, 0.05) is 11.4 Å². The molecule has 0 saturated heterocycles. The van der Waals surface area contributed by atoms with Crippen LogP contribution < -0.4 is 5.32 Å². The lowest BCUT2D eigenvalue weighted by Crippen LogP contribution is -2.18. The quantitative estimate of drug-likeness (QED) is 0.883. The largest absolute Gasteiger partial charge is 0.312 e. The maximum Gasteiger partial charge on any atom is 0.0708 e. The lowest BCUT2D eigenvalue weighted by Gasteiger charge is -2.17. The summed E-state index contributed by atoms with van der Waals surface area (Å²) in [5.41, 5.74) is 3.63. The second kappa shape index (κ2) is 4.69. The fourth-order valence-electron chi connectivity index (χ4n) is 2.63. The van der Waals surface area contributed by atoms with E-state index in [1.54, 1.807) is 0 Å². The first-order valence-electron chi connectivity index (χ1n) is 6.81. The molecule has 2 nitrogen and oxygen atoms in total. The van der Waals surface area contributed by atoms with Crippen molar-refractivity contribution in [2.24, 2.45) is 5.92 Å². The van der Waals surface area contributed by atoms with Crippen LogP contribution in [0.5, 0.6) is 0 Å². The molecule has 2 aromatic rings. The number of aryl methyl sites for hydroxylation is 1. The van der Waals surface area contributed by atoms with E-state index in [-0.39, 0.29) is 0 Å². The van der Waals surface area contributed by atoms with Crippen molar-refractivity contribution < 1.29 is 0 Å². The van der Waals surface area contributed by atoms with Crippen LogP contribution in [0.3, 0.4) is 0 Å². The molecule has 1 unspecified atom stereocenters. The summed E-state index contributed by atoms with van der Waals surface area (Å²) in [7, 11) is 2.04. The minimum Gasteiger partial charge on any atom is -0.312 e. The minimum atomic E-state index is 0.404. The number of hydrogen-bond donors (Lipinski definition) is 1. The number of pyridine rings is 1. The van der Waals surface area contributed by atoms with Gasteiger partial charge in [-0.2, -0.15) is 0 Å². The van der Waals surface area contributed by atoms with Gasteiger partial charge in [-0.1, -0.05) is 31.0 Å². The molecule has 0 spiro atoms. The number of benzene rings is 1. The second-order valence-corrected chi connectivity index (χ2v) is 5.40. The summed E-state index contributed by atoms with van der Waals surface area (Å²) in [5, 5.41) is 4.69. The first-order valence-corrected chi connectivity index (χ1v) is 6.81. The highest BCUT2D eigenvalue weighted by atomic mass is 14.9. The molecule has 0 amide bonds. The maximum atomic E-state index is 4.83. The van der Waals surface area contributed by atoms with Gasteiger partial charge in [-0.25, -0.2) is 0 Å². The van der Waals surface area contributed by atoms with Gasteiger partial charge >= 0.3 is 0 Å². The zero-order valence-electron chi connectivity index (χ0n) is 11.1. The molecule has 0 aliphatic heterocycles. The third-order valence-electron chi connectivity index (χ3n) is 3.91. The Morgan fingerprint density at radius 2 is 2.11 bits per heavy atom. The zero-order chi connectivity index (χ0) is 12.5. The van der Waals surface area contributed by atoms with Crippen molar-refractivity contribution in [3.05, 3.63) is 41.6 Å². The Bertz CT molecular complexity index is 558. The first-order chi connectivity index (χ1) is 8.78. The van der Waals surface area contributed by atoms with Crippen molar-refractivity contribution in [1.82, 2.24) is 10.3 Å². The van der Waals surface area contributed by atoms with Crippen molar-refractivity contribution in [2.45, 2.75) is 32.2 Å². The van der Waals surface area contributed by atoms with Crippen LogP contribution in [0.15, 0.2) is 30.3 Å². The Kier molecular flexibility index (Phi) is 3.04. The number of nitrogens with one attached hydrogen (secondary N) is 1. The Morgan fingerprint density at radius 1 is 1.33 bits per heavy atom. The summed E-state index contributed by atoms with van der Waals surface area (Å²) in [6, 6.07) is 11.0. The van der Waals surface area contributed by atoms with Crippen LogP contribution in [0.4, 0.5) is 0 Å². The molecule has 1 aromatic heterocycles. The Hall–Kier alpha value is -1.41. The van der Waals surface area contributed by atoms with E-state index in [1.807, 2.05) is 7.05 Å². The molecule has 2 heteroatoms. The van der Waals surface area contributed by atoms with Crippen LogP contribution >= 0.6 is 0 Å². The molecule has 1 aliphatic carbocycles. The van der Waals surface area contributed by atoms with E-state index in [0.717, 1.165) is 11.4 Å². The van der Waals surface area contributed by atoms with Gasteiger partial charge < -0.3 is 5.32 Å². The Balaban J connectivity index is 1.99.